The molecule has 4 rings (SSSR count). The average molecular weight is 407 g/mol. The quantitative estimate of drug-likeness (QED) is 0.713. The highest BCUT2D eigenvalue weighted by Crippen LogP contribution is 2.40. The number of carbonyl (C=O) groups is 2. The minimum atomic E-state index is -1.08. The first-order valence-corrected chi connectivity index (χ1v) is 9.51. The molecule has 10 heteroatoms. The molecule has 138 valence electrons. The van der Waals surface area contributed by atoms with Crippen LogP contribution in [0.3, 0.4) is 0 Å². The Morgan fingerprint density at radius 2 is 2.15 bits per heavy atom. The number of rotatable bonds is 4. The molecule has 27 heavy (non-hydrogen) atoms. The van der Waals surface area contributed by atoms with E-state index in [-0.39, 0.29) is 23.2 Å². The van der Waals surface area contributed by atoms with Gasteiger partial charge in [-0.05, 0) is 12.1 Å². The Bertz CT molecular complexity index is 1070. The predicted molar refractivity (Wildman–Crippen MR) is 96.9 cm³/mol. The number of thiazole rings is 1. The molecule has 0 saturated heterocycles. The van der Waals surface area contributed by atoms with Gasteiger partial charge in [0.1, 0.15) is 22.5 Å². The summed E-state index contributed by atoms with van der Waals surface area (Å²) in [7, 11) is 0. The Labute approximate surface area is 159 Å². The summed E-state index contributed by atoms with van der Waals surface area (Å²) in [6.07, 6.45) is 1.21. The van der Waals surface area contributed by atoms with Crippen LogP contribution >= 0.6 is 23.1 Å². The normalized spacial score (nSPS) is 16.6. The molecular weight excluding hydrogens is 396 g/mol. The molecule has 0 aliphatic carbocycles. The largest absolute Gasteiger partial charge is 0.481 e. The van der Waals surface area contributed by atoms with E-state index in [1.807, 2.05) is 0 Å². The Morgan fingerprint density at radius 3 is 2.93 bits per heavy atom. The third-order valence-corrected chi connectivity index (χ3v) is 6.21. The van der Waals surface area contributed by atoms with Crippen LogP contribution in [0.1, 0.15) is 11.4 Å². The molecule has 1 aliphatic rings. The number of amides is 1. The Hall–Kier alpha value is -2.59. The van der Waals surface area contributed by atoms with Gasteiger partial charge in [-0.2, -0.15) is 0 Å². The number of hydrogen-bond acceptors (Lipinski definition) is 6. The number of thioether (sulfide) groups is 1. The summed E-state index contributed by atoms with van der Waals surface area (Å²) in [5.74, 6) is -2.52. The van der Waals surface area contributed by atoms with Crippen LogP contribution in [0.25, 0.3) is 10.2 Å². The van der Waals surface area contributed by atoms with Gasteiger partial charge in [0.15, 0.2) is 0 Å². The van der Waals surface area contributed by atoms with E-state index < -0.39 is 28.8 Å². The van der Waals surface area contributed by atoms with Gasteiger partial charge in [-0.15, -0.1) is 23.1 Å². The van der Waals surface area contributed by atoms with Gasteiger partial charge < -0.3 is 5.11 Å². The summed E-state index contributed by atoms with van der Waals surface area (Å²) in [5.41, 5.74) is 0.176. The van der Waals surface area contributed by atoms with Crippen molar-refractivity contribution < 1.29 is 23.5 Å². The first-order valence-electron chi connectivity index (χ1n) is 7.81. The number of carbonyl (C=O) groups excluding carboxylic acids is 1. The summed E-state index contributed by atoms with van der Waals surface area (Å²) in [5, 5.41) is 8.69. The fourth-order valence-corrected chi connectivity index (χ4v) is 4.93. The highest BCUT2D eigenvalue weighted by molar-refractivity contribution is 8.01. The summed E-state index contributed by atoms with van der Waals surface area (Å²) >= 11 is 2.18. The number of aliphatic carboxylic acids is 1. The number of benzene rings is 1. The van der Waals surface area contributed by atoms with E-state index in [1.54, 1.807) is 12.1 Å². The van der Waals surface area contributed by atoms with E-state index in [2.05, 4.69) is 9.97 Å². The van der Waals surface area contributed by atoms with E-state index in [1.165, 1.54) is 11.1 Å². The number of hydrogen-bond donors (Lipinski definition) is 1. The molecule has 2 aromatic heterocycles. The van der Waals surface area contributed by atoms with Gasteiger partial charge in [0, 0.05) is 18.3 Å². The van der Waals surface area contributed by atoms with E-state index in [0.717, 1.165) is 35.2 Å². The molecule has 3 aromatic rings. The fraction of sp³-hybridized carbons (Fsp3) is 0.176. The number of anilines is 1. The standard InChI is InChI=1S/C17H11F2N3O3S2/c18-8-4-9(19)15-10(5-8)21-13(27-15)7-22-16-11(2-1-3-20-16)26-12(17(22)25)6-14(23)24/h1-5,12H,6-7H2,(H,23,24). The van der Waals surface area contributed by atoms with Gasteiger partial charge >= 0.3 is 5.97 Å². The molecule has 1 N–H and O–H groups in total. The van der Waals surface area contributed by atoms with Crippen LogP contribution in [-0.2, 0) is 16.1 Å². The molecule has 0 bridgehead atoms. The Balaban J connectivity index is 1.72. The molecule has 0 fully saturated rings. The lowest BCUT2D eigenvalue weighted by Gasteiger charge is -2.31. The third kappa shape index (κ3) is 3.37. The van der Waals surface area contributed by atoms with Crippen molar-refractivity contribution in [1.29, 1.82) is 0 Å². The predicted octanol–water partition coefficient (Wildman–Crippen LogP) is 3.45. The maximum atomic E-state index is 13.9. The number of pyridine rings is 1. The second kappa shape index (κ2) is 6.86. The van der Waals surface area contributed by atoms with Crippen LogP contribution in [-0.4, -0.2) is 32.2 Å². The van der Waals surface area contributed by atoms with Gasteiger partial charge in [0.05, 0.1) is 33.3 Å². The molecule has 1 aromatic carbocycles. The molecule has 0 radical (unpaired) electrons. The van der Waals surface area contributed by atoms with Crippen LogP contribution in [0.15, 0.2) is 35.4 Å². The SMILES string of the molecule is O=C(O)CC1Sc2cccnc2N(Cc2nc3cc(F)cc(F)c3s2)C1=O. The summed E-state index contributed by atoms with van der Waals surface area (Å²) in [6, 6.07) is 5.38. The topological polar surface area (TPSA) is 83.4 Å². The lowest BCUT2D eigenvalue weighted by atomic mass is 10.2. The van der Waals surface area contributed by atoms with E-state index in [9.17, 15) is 18.4 Å². The summed E-state index contributed by atoms with van der Waals surface area (Å²) in [6.45, 7) is -0.0000680. The van der Waals surface area contributed by atoms with Gasteiger partial charge in [0.2, 0.25) is 5.91 Å². The number of aromatic nitrogens is 2. The zero-order chi connectivity index (χ0) is 19.1. The number of nitrogens with zero attached hydrogens (tertiary/aromatic N) is 3. The van der Waals surface area contributed by atoms with Gasteiger partial charge in [-0.1, -0.05) is 0 Å². The minimum absolute atomic E-state index is 0.0000680. The number of carboxylic acid groups (broad SMARTS) is 1. The third-order valence-electron chi connectivity index (χ3n) is 3.92. The number of carboxylic acids is 1. The minimum Gasteiger partial charge on any atom is -0.481 e. The van der Waals surface area contributed by atoms with Crippen molar-refractivity contribution in [3.63, 3.8) is 0 Å². The van der Waals surface area contributed by atoms with Crippen LogP contribution in [0.4, 0.5) is 14.6 Å². The Morgan fingerprint density at radius 1 is 1.33 bits per heavy atom. The monoisotopic (exact) mass is 407 g/mol. The van der Waals surface area contributed by atoms with Crippen LogP contribution in [0.5, 0.6) is 0 Å². The van der Waals surface area contributed by atoms with Crippen LogP contribution < -0.4 is 4.90 Å². The van der Waals surface area contributed by atoms with E-state index in [4.69, 9.17) is 5.11 Å². The molecule has 0 saturated carbocycles. The Kier molecular flexibility index (Phi) is 4.52. The summed E-state index contributed by atoms with van der Waals surface area (Å²) in [4.78, 5) is 34.4. The fourth-order valence-electron chi connectivity index (χ4n) is 2.81. The van der Waals surface area contributed by atoms with Crippen molar-refractivity contribution in [2.24, 2.45) is 0 Å². The second-order valence-corrected chi connectivity index (χ2v) is 8.13. The van der Waals surface area contributed by atoms with Crippen LogP contribution in [0.2, 0.25) is 0 Å². The molecule has 6 nitrogen and oxygen atoms in total. The lowest BCUT2D eigenvalue weighted by molar-refractivity contribution is -0.138. The van der Waals surface area contributed by atoms with Gasteiger partial charge in [0.25, 0.3) is 0 Å². The van der Waals surface area contributed by atoms with Crippen molar-refractivity contribution in [3.8, 4) is 0 Å². The van der Waals surface area contributed by atoms with Crippen molar-refractivity contribution in [2.45, 2.75) is 23.1 Å². The molecular formula is C17H11F2N3O3S2. The van der Waals surface area contributed by atoms with Crippen molar-refractivity contribution in [2.75, 3.05) is 4.90 Å². The van der Waals surface area contributed by atoms with Crippen molar-refractivity contribution >= 4 is 51.0 Å². The van der Waals surface area contributed by atoms with Gasteiger partial charge in [-0.3, -0.25) is 14.5 Å². The average Bonchev–Trinajstić information content (AvgIpc) is 3.01. The van der Waals surface area contributed by atoms with Crippen molar-refractivity contribution in [1.82, 2.24) is 9.97 Å². The number of fused-ring (bicyclic) bond motifs is 2. The first-order chi connectivity index (χ1) is 12.9. The smallest absolute Gasteiger partial charge is 0.305 e. The molecule has 1 amide bonds. The van der Waals surface area contributed by atoms with Gasteiger partial charge in [-0.25, -0.2) is 18.7 Å². The van der Waals surface area contributed by atoms with Crippen molar-refractivity contribution in [3.05, 3.63) is 47.1 Å². The molecule has 1 unspecified atom stereocenters. The highest BCUT2D eigenvalue weighted by atomic mass is 32.2. The zero-order valence-electron chi connectivity index (χ0n) is 13.6. The zero-order valence-corrected chi connectivity index (χ0v) is 15.2. The molecule has 1 atom stereocenters. The summed E-state index contributed by atoms with van der Waals surface area (Å²) < 4.78 is 27.5. The van der Waals surface area contributed by atoms with Crippen LogP contribution in [0, 0.1) is 11.6 Å². The molecule has 3 heterocycles. The first kappa shape index (κ1) is 17.8. The van der Waals surface area contributed by atoms with E-state index >= 15 is 0 Å². The van der Waals surface area contributed by atoms with E-state index in [0.29, 0.717) is 15.7 Å². The highest BCUT2D eigenvalue weighted by Gasteiger charge is 2.36. The maximum Gasteiger partial charge on any atom is 0.305 e. The molecule has 0 spiro atoms. The second-order valence-electron chi connectivity index (χ2n) is 5.80. The lowest BCUT2D eigenvalue weighted by Crippen LogP contribution is -2.41. The number of halogens is 2. The maximum absolute atomic E-state index is 13.9. The molecule has 1 aliphatic heterocycles.